The fraction of sp³-hybridized carbons (Fsp3) is 0.500. The van der Waals surface area contributed by atoms with Crippen LogP contribution >= 0.6 is 23.2 Å². The average molecular weight is 319 g/mol. The summed E-state index contributed by atoms with van der Waals surface area (Å²) < 4.78 is 10.6. The molecule has 0 aromatic heterocycles. The molecule has 1 aliphatic rings. The van der Waals surface area contributed by atoms with Gasteiger partial charge in [-0.1, -0.05) is 23.2 Å². The monoisotopic (exact) mass is 318 g/mol. The van der Waals surface area contributed by atoms with Crippen LogP contribution in [-0.2, 0) is 15.1 Å². The van der Waals surface area contributed by atoms with Crippen molar-refractivity contribution in [1.29, 1.82) is 0 Å². The summed E-state index contributed by atoms with van der Waals surface area (Å²) in [5.74, 6) is -0.0900. The lowest BCUT2D eigenvalue weighted by Gasteiger charge is -2.37. The number of hydrogen-bond acceptors (Lipinski definition) is 4. The van der Waals surface area contributed by atoms with Crippen LogP contribution in [0.25, 0.3) is 0 Å². The maximum absolute atomic E-state index is 11.7. The first-order valence-corrected chi connectivity index (χ1v) is 7.15. The minimum absolute atomic E-state index is 0.155. The number of aliphatic hydroxyl groups is 1. The van der Waals surface area contributed by atoms with E-state index in [4.69, 9.17) is 32.7 Å². The number of rotatable bonds is 3. The molecule has 1 N–H and O–H groups in total. The molecule has 4 nitrogen and oxygen atoms in total. The van der Waals surface area contributed by atoms with Gasteiger partial charge in [0.1, 0.15) is 11.4 Å². The molecule has 1 aliphatic heterocycles. The molecule has 110 valence electrons. The van der Waals surface area contributed by atoms with Crippen LogP contribution in [0, 0.1) is 0 Å². The molecule has 0 aliphatic carbocycles. The van der Waals surface area contributed by atoms with Crippen molar-refractivity contribution in [2.75, 3.05) is 6.61 Å². The minimum atomic E-state index is -1.38. The quantitative estimate of drug-likeness (QED) is 0.869. The summed E-state index contributed by atoms with van der Waals surface area (Å²) in [6, 6.07) is 3.12. The third-order valence-corrected chi connectivity index (χ3v) is 3.69. The van der Waals surface area contributed by atoms with Gasteiger partial charge < -0.3 is 14.6 Å². The van der Waals surface area contributed by atoms with Crippen molar-refractivity contribution < 1.29 is 19.4 Å². The Morgan fingerprint density at radius 3 is 2.90 bits per heavy atom. The number of carbonyl (C=O) groups is 1. The van der Waals surface area contributed by atoms with E-state index >= 15 is 0 Å². The zero-order valence-corrected chi connectivity index (χ0v) is 12.8. The van der Waals surface area contributed by atoms with Crippen molar-refractivity contribution in [1.82, 2.24) is 0 Å². The smallest absolute Gasteiger partial charge is 0.309 e. The maximum atomic E-state index is 11.7. The minimum Gasteiger partial charge on any atom is -0.489 e. The largest absolute Gasteiger partial charge is 0.489 e. The van der Waals surface area contributed by atoms with Gasteiger partial charge in [-0.3, -0.25) is 4.79 Å². The molecule has 0 unspecified atom stereocenters. The number of hydrogen-bond donors (Lipinski definition) is 1. The molecule has 6 heteroatoms. The highest BCUT2D eigenvalue weighted by molar-refractivity contribution is 6.35. The van der Waals surface area contributed by atoms with Gasteiger partial charge in [0.05, 0.1) is 24.2 Å². The Hall–Kier alpha value is -0.970. The predicted molar refractivity (Wildman–Crippen MR) is 76.3 cm³/mol. The van der Waals surface area contributed by atoms with Crippen LogP contribution in [0.5, 0.6) is 5.75 Å². The summed E-state index contributed by atoms with van der Waals surface area (Å²) in [4.78, 5) is 11.7. The Labute approximate surface area is 127 Å². The molecule has 2 rings (SSSR count). The van der Waals surface area contributed by atoms with E-state index in [0.717, 1.165) is 0 Å². The highest BCUT2D eigenvalue weighted by atomic mass is 35.5. The lowest BCUT2D eigenvalue weighted by Crippen LogP contribution is -2.39. The van der Waals surface area contributed by atoms with Crippen LogP contribution in [0.15, 0.2) is 12.1 Å². The van der Waals surface area contributed by atoms with Crippen molar-refractivity contribution >= 4 is 29.2 Å². The van der Waals surface area contributed by atoms with Gasteiger partial charge in [-0.15, -0.1) is 0 Å². The summed E-state index contributed by atoms with van der Waals surface area (Å²) >= 11 is 12.1. The van der Waals surface area contributed by atoms with E-state index in [9.17, 15) is 9.90 Å². The Morgan fingerprint density at radius 1 is 1.55 bits per heavy atom. The van der Waals surface area contributed by atoms with E-state index < -0.39 is 11.6 Å². The van der Waals surface area contributed by atoms with E-state index in [0.29, 0.717) is 21.4 Å². The number of fused-ring (bicyclic) bond motifs is 1. The third-order valence-electron chi connectivity index (χ3n) is 3.20. The molecule has 0 spiro atoms. The second kappa shape index (κ2) is 5.80. The number of ether oxygens (including phenoxy) is 2. The second-order valence-corrected chi connectivity index (χ2v) is 5.75. The summed E-state index contributed by atoms with van der Waals surface area (Å²) in [6.45, 7) is 3.80. The van der Waals surface area contributed by atoms with E-state index in [-0.39, 0.29) is 25.6 Å². The number of halogens is 2. The van der Waals surface area contributed by atoms with Crippen LogP contribution in [-0.4, -0.2) is 23.8 Å². The van der Waals surface area contributed by atoms with E-state index in [1.165, 1.54) is 0 Å². The van der Waals surface area contributed by atoms with Gasteiger partial charge in [-0.2, -0.15) is 0 Å². The van der Waals surface area contributed by atoms with Gasteiger partial charge in [0.15, 0.2) is 0 Å². The highest BCUT2D eigenvalue weighted by Gasteiger charge is 2.42. The van der Waals surface area contributed by atoms with Crippen molar-refractivity contribution in [2.45, 2.75) is 38.4 Å². The lowest BCUT2D eigenvalue weighted by molar-refractivity contribution is -0.151. The van der Waals surface area contributed by atoms with Crippen LogP contribution in [0.1, 0.15) is 32.3 Å². The van der Waals surface area contributed by atoms with Crippen molar-refractivity contribution in [3.63, 3.8) is 0 Å². The van der Waals surface area contributed by atoms with Gasteiger partial charge in [0, 0.05) is 17.0 Å². The number of carbonyl (C=O) groups excluding carboxylic acids is 1. The normalized spacial score (nSPS) is 24.8. The van der Waals surface area contributed by atoms with Gasteiger partial charge in [-0.25, -0.2) is 0 Å². The van der Waals surface area contributed by atoms with Crippen molar-refractivity contribution in [2.24, 2.45) is 0 Å². The first-order chi connectivity index (χ1) is 9.35. The molecule has 0 saturated heterocycles. The van der Waals surface area contributed by atoms with Crippen LogP contribution in [0.4, 0.5) is 0 Å². The molecule has 1 aromatic rings. The van der Waals surface area contributed by atoms with Gasteiger partial charge in [0.2, 0.25) is 0 Å². The summed E-state index contributed by atoms with van der Waals surface area (Å²) in [5.41, 5.74) is -0.950. The molecule has 0 fully saturated rings. The molecular weight excluding hydrogens is 303 g/mol. The first-order valence-electron chi connectivity index (χ1n) is 6.40. The fourth-order valence-corrected chi connectivity index (χ4v) is 3.01. The third kappa shape index (κ3) is 3.03. The van der Waals surface area contributed by atoms with Gasteiger partial charge >= 0.3 is 5.97 Å². The lowest BCUT2D eigenvalue weighted by atomic mass is 9.83. The Balaban J connectivity index is 2.43. The first kappa shape index (κ1) is 15.4. The fourth-order valence-electron chi connectivity index (χ4n) is 2.47. The molecule has 20 heavy (non-hydrogen) atoms. The van der Waals surface area contributed by atoms with Crippen LogP contribution in [0.3, 0.4) is 0 Å². The van der Waals surface area contributed by atoms with Gasteiger partial charge in [-0.05, 0) is 26.0 Å². The van der Waals surface area contributed by atoms with Crippen LogP contribution in [0.2, 0.25) is 10.0 Å². The SMILES string of the molecule is CCOC(=O)C[C@]1(O)C[C@@H](C)Oc2c(Cl)cc(Cl)cc21. The average Bonchev–Trinajstić information content (AvgIpc) is 2.30. The molecule has 0 saturated carbocycles. The topological polar surface area (TPSA) is 55.8 Å². The second-order valence-electron chi connectivity index (χ2n) is 4.91. The van der Waals surface area contributed by atoms with Gasteiger partial charge in [0.25, 0.3) is 0 Å². The molecule has 1 heterocycles. The zero-order chi connectivity index (χ0) is 14.9. The van der Waals surface area contributed by atoms with E-state index in [1.807, 2.05) is 6.92 Å². The Bertz CT molecular complexity index is 532. The number of esters is 1. The molecule has 0 bridgehead atoms. The Morgan fingerprint density at radius 2 is 2.25 bits per heavy atom. The molecule has 2 atom stereocenters. The maximum Gasteiger partial charge on any atom is 0.309 e. The molecule has 0 amide bonds. The number of benzene rings is 1. The molecular formula is C14H16Cl2O4. The summed E-state index contributed by atoms with van der Waals surface area (Å²) in [6.07, 6.45) is -0.145. The molecule has 1 aromatic carbocycles. The van der Waals surface area contributed by atoms with Crippen LogP contribution < -0.4 is 4.74 Å². The summed E-state index contributed by atoms with van der Waals surface area (Å²) in [5, 5.41) is 11.5. The molecule has 0 radical (unpaired) electrons. The van der Waals surface area contributed by atoms with E-state index in [1.54, 1.807) is 19.1 Å². The highest BCUT2D eigenvalue weighted by Crippen LogP contribution is 2.46. The summed E-state index contributed by atoms with van der Waals surface area (Å²) in [7, 11) is 0. The standard InChI is InChI=1S/C14H16Cl2O4/c1-3-19-12(17)7-14(18)6-8(2)20-13-10(14)4-9(15)5-11(13)16/h4-5,8,18H,3,6-7H2,1-2H3/t8-,14-/m1/s1. The van der Waals surface area contributed by atoms with Crippen molar-refractivity contribution in [3.8, 4) is 5.75 Å². The predicted octanol–water partition coefficient (Wildman–Crippen LogP) is 3.31. The zero-order valence-electron chi connectivity index (χ0n) is 11.3. The van der Waals surface area contributed by atoms with E-state index in [2.05, 4.69) is 0 Å². The van der Waals surface area contributed by atoms with Crippen molar-refractivity contribution in [3.05, 3.63) is 27.7 Å². The Kier molecular flexibility index (Phi) is 4.47.